The zero-order chi connectivity index (χ0) is 11.1. The van der Waals surface area contributed by atoms with Crippen LogP contribution < -0.4 is 0 Å². The Morgan fingerprint density at radius 2 is 2.13 bits per heavy atom. The summed E-state index contributed by atoms with van der Waals surface area (Å²) >= 11 is 3.29. The molecule has 1 amide bonds. The molecular weight excluding hydrogens is 268 g/mol. The van der Waals surface area contributed by atoms with E-state index in [1.807, 2.05) is 0 Å². The lowest BCUT2D eigenvalue weighted by Crippen LogP contribution is -2.47. The van der Waals surface area contributed by atoms with Gasteiger partial charge in [0.1, 0.15) is 0 Å². The summed E-state index contributed by atoms with van der Waals surface area (Å²) in [4.78, 5) is 13.2. The van der Waals surface area contributed by atoms with Crippen LogP contribution >= 0.6 is 15.9 Å². The summed E-state index contributed by atoms with van der Waals surface area (Å²) in [6.07, 6.45) is 1.94. The molecule has 0 spiro atoms. The van der Waals surface area contributed by atoms with Gasteiger partial charge in [0.25, 0.3) is 0 Å². The first-order valence-corrected chi connectivity index (χ1v) is 6.23. The van der Waals surface area contributed by atoms with Gasteiger partial charge in [-0.2, -0.15) is 0 Å². The number of piperidine rings is 1. The Morgan fingerprint density at radius 1 is 1.40 bits per heavy atom. The van der Waals surface area contributed by atoms with Crippen LogP contribution in [0, 0.1) is 0 Å². The molecule has 1 saturated heterocycles. The Kier molecular flexibility index (Phi) is 3.01. The van der Waals surface area contributed by atoms with Crippen molar-refractivity contribution in [1.29, 1.82) is 0 Å². The fraction of sp³-hybridized carbons (Fsp3) is 0.900. The molecule has 5 heteroatoms. The van der Waals surface area contributed by atoms with Crippen molar-refractivity contribution in [3.05, 3.63) is 0 Å². The summed E-state index contributed by atoms with van der Waals surface area (Å²) in [6, 6.07) is -0.243. The van der Waals surface area contributed by atoms with Crippen LogP contribution in [0.15, 0.2) is 0 Å². The summed E-state index contributed by atoms with van der Waals surface area (Å²) in [5.74, 6) is -2.58. The first-order chi connectivity index (χ1) is 6.99. The number of hydrogen-bond donors (Lipinski definition) is 0. The maximum Gasteiger partial charge on any atom is 0.250 e. The summed E-state index contributed by atoms with van der Waals surface area (Å²) in [5.41, 5.74) is 0. The predicted molar refractivity (Wildman–Crippen MR) is 56.2 cm³/mol. The lowest BCUT2D eigenvalue weighted by molar-refractivity contribution is -0.135. The zero-order valence-electron chi connectivity index (χ0n) is 8.39. The minimum absolute atomic E-state index is 0.0102. The monoisotopic (exact) mass is 281 g/mol. The Hall–Kier alpha value is -0.190. The van der Waals surface area contributed by atoms with E-state index in [1.54, 1.807) is 4.90 Å². The molecule has 1 aliphatic heterocycles. The van der Waals surface area contributed by atoms with Crippen LogP contribution in [-0.2, 0) is 4.79 Å². The van der Waals surface area contributed by atoms with Crippen molar-refractivity contribution in [2.45, 2.75) is 48.9 Å². The molecule has 0 N–H and O–H groups in total. The van der Waals surface area contributed by atoms with E-state index in [1.165, 1.54) is 0 Å². The molecule has 1 heterocycles. The standard InChI is InChI=1S/C10H14BrF2NO/c11-8-2-1-5-14(9(8)15)7-3-4-10(12,13)6-7/h7-8H,1-6H2. The van der Waals surface area contributed by atoms with Gasteiger partial charge in [-0.15, -0.1) is 0 Å². The normalized spacial score (nSPS) is 35.9. The lowest BCUT2D eigenvalue weighted by atomic mass is 10.1. The summed E-state index contributed by atoms with van der Waals surface area (Å²) in [6.45, 7) is 0.641. The van der Waals surface area contributed by atoms with Crippen LogP contribution in [0.25, 0.3) is 0 Å². The number of carbonyl (C=O) groups is 1. The number of amides is 1. The van der Waals surface area contributed by atoms with Gasteiger partial charge in [-0.3, -0.25) is 4.79 Å². The van der Waals surface area contributed by atoms with Crippen LogP contribution in [-0.4, -0.2) is 34.1 Å². The first kappa shape index (κ1) is 11.3. The van der Waals surface area contributed by atoms with Crippen molar-refractivity contribution in [3.63, 3.8) is 0 Å². The molecule has 15 heavy (non-hydrogen) atoms. The van der Waals surface area contributed by atoms with E-state index in [-0.39, 0.29) is 29.6 Å². The van der Waals surface area contributed by atoms with Crippen LogP contribution in [0.5, 0.6) is 0 Å². The van der Waals surface area contributed by atoms with Crippen LogP contribution in [0.2, 0.25) is 0 Å². The van der Waals surface area contributed by atoms with E-state index < -0.39 is 5.92 Å². The predicted octanol–water partition coefficient (Wildman–Crippen LogP) is 2.56. The van der Waals surface area contributed by atoms with Crippen molar-refractivity contribution in [3.8, 4) is 0 Å². The number of nitrogens with zero attached hydrogens (tertiary/aromatic N) is 1. The molecule has 0 radical (unpaired) electrons. The fourth-order valence-electron chi connectivity index (χ4n) is 2.41. The molecule has 0 bridgehead atoms. The Morgan fingerprint density at radius 3 is 2.73 bits per heavy atom. The van der Waals surface area contributed by atoms with Gasteiger partial charge in [0.05, 0.1) is 4.83 Å². The van der Waals surface area contributed by atoms with E-state index in [4.69, 9.17) is 0 Å². The Bertz CT molecular complexity index is 272. The van der Waals surface area contributed by atoms with E-state index in [0.717, 1.165) is 12.8 Å². The van der Waals surface area contributed by atoms with Crippen molar-refractivity contribution >= 4 is 21.8 Å². The largest absolute Gasteiger partial charge is 0.339 e. The second-order valence-electron chi connectivity index (χ2n) is 4.39. The molecule has 0 aromatic carbocycles. The molecule has 2 unspecified atom stereocenters. The maximum atomic E-state index is 13.0. The number of hydrogen-bond acceptors (Lipinski definition) is 1. The second-order valence-corrected chi connectivity index (χ2v) is 5.50. The number of alkyl halides is 3. The van der Waals surface area contributed by atoms with Crippen molar-refractivity contribution in [2.24, 2.45) is 0 Å². The molecule has 2 aliphatic rings. The lowest BCUT2D eigenvalue weighted by Gasteiger charge is -2.34. The zero-order valence-corrected chi connectivity index (χ0v) is 9.97. The summed E-state index contributed by atoms with van der Waals surface area (Å²) in [5, 5.41) is 0. The SMILES string of the molecule is O=C1C(Br)CCCN1C1CCC(F)(F)C1. The smallest absolute Gasteiger partial charge is 0.250 e. The molecule has 1 aliphatic carbocycles. The maximum absolute atomic E-state index is 13.0. The highest BCUT2D eigenvalue weighted by molar-refractivity contribution is 9.10. The Labute approximate surface area is 96.1 Å². The van der Waals surface area contributed by atoms with E-state index in [0.29, 0.717) is 13.0 Å². The van der Waals surface area contributed by atoms with Gasteiger partial charge in [0.15, 0.2) is 0 Å². The van der Waals surface area contributed by atoms with Crippen molar-refractivity contribution in [1.82, 2.24) is 4.90 Å². The van der Waals surface area contributed by atoms with Gasteiger partial charge in [-0.25, -0.2) is 8.78 Å². The van der Waals surface area contributed by atoms with Crippen LogP contribution in [0.4, 0.5) is 8.78 Å². The molecule has 2 atom stereocenters. The van der Waals surface area contributed by atoms with E-state index >= 15 is 0 Å². The van der Waals surface area contributed by atoms with Gasteiger partial charge in [0, 0.05) is 25.4 Å². The molecule has 0 aromatic rings. The van der Waals surface area contributed by atoms with E-state index in [2.05, 4.69) is 15.9 Å². The highest BCUT2D eigenvalue weighted by Crippen LogP contribution is 2.38. The molecular formula is C10H14BrF2NO. The third-order valence-corrected chi connectivity index (χ3v) is 4.08. The van der Waals surface area contributed by atoms with Gasteiger partial charge in [-0.1, -0.05) is 15.9 Å². The second kappa shape index (κ2) is 4.00. The average molecular weight is 282 g/mol. The molecule has 86 valence electrons. The average Bonchev–Trinajstić information content (AvgIpc) is 2.51. The summed E-state index contributed by atoms with van der Waals surface area (Å²) < 4.78 is 26.0. The number of likely N-dealkylation sites (tertiary alicyclic amines) is 1. The number of carbonyl (C=O) groups excluding carboxylic acids is 1. The topological polar surface area (TPSA) is 20.3 Å². The molecule has 2 fully saturated rings. The van der Waals surface area contributed by atoms with Gasteiger partial charge < -0.3 is 4.90 Å². The Balaban J connectivity index is 2.02. The molecule has 1 saturated carbocycles. The van der Waals surface area contributed by atoms with Gasteiger partial charge in [-0.05, 0) is 19.3 Å². The number of halogens is 3. The van der Waals surface area contributed by atoms with E-state index in [9.17, 15) is 13.6 Å². The highest BCUT2D eigenvalue weighted by atomic mass is 79.9. The molecule has 2 nitrogen and oxygen atoms in total. The third-order valence-electron chi connectivity index (χ3n) is 3.23. The molecule has 2 rings (SSSR count). The third kappa shape index (κ3) is 2.32. The van der Waals surface area contributed by atoms with Crippen molar-refractivity contribution < 1.29 is 13.6 Å². The van der Waals surface area contributed by atoms with Gasteiger partial charge >= 0.3 is 0 Å². The number of rotatable bonds is 1. The highest BCUT2D eigenvalue weighted by Gasteiger charge is 2.44. The minimum Gasteiger partial charge on any atom is -0.339 e. The van der Waals surface area contributed by atoms with Crippen molar-refractivity contribution in [2.75, 3.05) is 6.54 Å². The molecule has 0 aromatic heterocycles. The summed E-state index contributed by atoms with van der Waals surface area (Å²) in [7, 11) is 0. The quantitative estimate of drug-likeness (QED) is 0.677. The fourth-order valence-corrected chi connectivity index (χ4v) is 3.00. The van der Waals surface area contributed by atoms with Gasteiger partial charge in [0.2, 0.25) is 11.8 Å². The van der Waals surface area contributed by atoms with Crippen LogP contribution in [0.3, 0.4) is 0 Å². The first-order valence-electron chi connectivity index (χ1n) is 5.32. The minimum atomic E-state index is -2.57. The van der Waals surface area contributed by atoms with Crippen LogP contribution in [0.1, 0.15) is 32.1 Å².